The van der Waals surface area contributed by atoms with E-state index in [4.69, 9.17) is 0 Å². The van der Waals surface area contributed by atoms with Gasteiger partial charge in [-0.05, 0) is 23.6 Å². The van der Waals surface area contributed by atoms with Crippen LogP contribution in [0.4, 0.5) is 0 Å². The Morgan fingerprint density at radius 1 is 1.28 bits per heavy atom. The van der Waals surface area contributed by atoms with E-state index in [9.17, 15) is 9.59 Å². The van der Waals surface area contributed by atoms with Crippen LogP contribution in [0.25, 0.3) is 21.0 Å². The SMILES string of the molecule is CNC(=O)c1ccc2c(c1)[nH]c(=O)c1ccsc12. The summed E-state index contributed by atoms with van der Waals surface area (Å²) in [6.07, 6.45) is 0. The van der Waals surface area contributed by atoms with Gasteiger partial charge in [0.15, 0.2) is 0 Å². The second kappa shape index (κ2) is 3.96. The minimum absolute atomic E-state index is 0.118. The molecule has 2 N–H and O–H groups in total. The summed E-state index contributed by atoms with van der Waals surface area (Å²) < 4.78 is 0.956. The van der Waals surface area contributed by atoms with Crippen LogP contribution in [0, 0.1) is 0 Å². The van der Waals surface area contributed by atoms with Crippen LogP contribution < -0.4 is 10.9 Å². The van der Waals surface area contributed by atoms with Crippen LogP contribution in [0.5, 0.6) is 0 Å². The summed E-state index contributed by atoms with van der Waals surface area (Å²) in [5, 5.41) is 6.12. The lowest BCUT2D eigenvalue weighted by Gasteiger charge is -2.03. The molecule has 0 unspecified atom stereocenters. The van der Waals surface area contributed by atoms with Gasteiger partial charge in [0.2, 0.25) is 0 Å². The molecule has 1 amide bonds. The van der Waals surface area contributed by atoms with Crippen molar-refractivity contribution in [3.05, 3.63) is 45.6 Å². The molecule has 0 aliphatic carbocycles. The van der Waals surface area contributed by atoms with Crippen molar-refractivity contribution in [1.82, 2.24) is 10.3 Å². The zero-order valence-corrected chi connectivity index (χ0v) is 10.4. The van der Waals surface area contributed by atoms with Crippen LogP contribution in [0.1, 0.15) is 10.4 Å². The maximum absolute atomic E-state index is 11.9. The fourth-order valence-corrected chi connectivity index (χ4v) is 2.95. The summed E-state index contributed by atoms with van der Waals surface area (Å²) in [4.78, 5) is 26.2. The van der Waals surface area contributed by atoms with Crippen LogP contribution in [0.3, 0.4) is 0 Å². The number of hydrogen-bond donors (Lipinski definition) is 2. The summed E-state index contributed by atoms with van der Waals surface area (Å²) >= 11 is 1.53. The molecule has 0 spiro atoms. The lowest BCUT2D eigenvalue weighted by atomic mass is 10.1. The highest BCUT2D eigenvalue weighted by molar-refractivity contribution is 7.18. The van der Waals surface area contributed by atoms with Crippen LogP contribution in [-0.4, -0.2) is 17.9 Å². The minimum Gasteiger partial charge on any atom is -0.355 e. The molecule has 3 aromatic rings. The van der Waals surface area contributed by atoms with Crippen molar-refractivity contribution in [1.29, 1.82) is 0 Å². The summed E-state index contributed by atoms with van der Waals surface area (Å²) in [7, 11) is 1.58. The van der Waals surface area contributed by atoms with Crippen LogP contribution in [0.15, 0.2) is 34.4 Å². The second-order valence-corrected chi connectivity index (χ2v) is 4.87. The van der Waals surface area contributed by atoms with Gasteiger partial charge in [-0.25, -0.2) is 0 Å². The molecular weight excluding hydrogens is 248 g/mol. The van der Waals surface area contributed by atoms with E-state index in [1.54, 1.807) is 19.2 Å². The smallest absolute Gasteiger partial charge is 0.257 e. The molecule has 0 atom stereocenters. The van der Waals surface area contributed by atoms with Gasteiger partial charge in [0.05, 0.1) is 10.9 Å². The largest absolute Gasteiger partial charge is 0.355 e. The molecule has 18 heavy (non-hydrogen) atoms. The van der Waals surface area contributed by atoms with Crippen molar-refractivity contribution in [3.63, 3.8) is 0 Å². The first-order valence-corrected chi connectivity index (χ1v) is 6.34. The molecule has 5 heteroatoms. The predicted octanol–water partition coefficient (Wildman–Crippen LogP) is 2.10. The van der Waals surface area contributed by atoms with E-state index >= 15 is 0 Å². The second-order valence-electron chi connectivity index (χ2n) is 3.96. The summed E-state index contributed by atoms with van der Waals surface area (Å²) in [5.41, 5.74) is 1.11. The van der Waals surface area contributed by atoms with Crippen LogP contribution >= 0.6 is 11.3 Å². The van der Waals surface area contributed by atoms with Crippen molar-refractivity contribution in [3.8, 4) is 0 Å². The van der Waals surface area contributed by atoms with Gasteiger partial charge in [0.1, 0.15) is 0 Å². The van der Waals surface area contributed by atoms with Gasteiger partial charge in [-0.15, -0.1) is 11.3 Å². The number of benzene rings is 1. The predicted molar refractivity (Wildman–Crippen MR) is 73.3 cm³/mol. The number of fused-ring (bicyclic) bond motifs is 3. The molecule has 0 aliphatic rings. The molecule has 0 fully saturated rings. The minimum atomic E-state index is -0.163. The van der Waals surface area contributed by atoms with Gasteiger partial charge in [0, 0.05) is 22.7 Å². The van der Waals surface area contributed by atoms with Gasteiger partial charge in [0.25, 0.3) is 11.5 Å². The number of pyridine rings is 1. The van der Waals surface area contributed by atoms with Crippen LogP contribution in [0.2, 0.25) is 0 Å². The van der Waals surface area contributed by atoms with E-state index < -0.39 is 0 Å². The first kappa shape index (κ1) is 11.0. The average Bonchev–Trinajstić information content (AvgIpc) is 2.87. The number of H-pyrrole nitrogens is 1. The summed E-state index contributed by atoms with van der Waals surface area (Å²) in [5.74, 6) is -0.163. The van der Waals surface area contributed by atoms with Crippen molar-refractivity contribution in [2.75, 3.05) is 7.05 Å². The standard InChI is InChI=1S/C13H10N2O2S/c1-14-12(16)7-2-3-8-10(6-7)15-13(17)9-4-5-18-11(8)9/h2-6H,1H3,(H,14,16)(H,15,17). The van der Waals surface area contributed by atoms with Crippen molar-refractivity contribution in [2.45, 2.75) is 0 Å². The molecule has 90 valence electrons. The maximum Gasteiger partial charge on any atom is 0.257 e. The highest BCUT2D eigenvalue weighted by Crippen LogP contribution is 2.26. The lowest BCUT2D eigenvalue weighted by Crippen LogP contribution is -2.17. The Morgan fingerprint density at radius 3 is 2.89 bits per heavy atom. The number of amides is 1. The van der Waals surface area contributed by atoms with Crippen molar-refractivity contribution >= 4 is 38.2 Å². The highest BCUT2D eigenvalue weighted by Gasteiger charge is 2.09. The monoisotopic (exact) mass is 258 g/mol. The Morgan fingerprint density at radius 2 is 2.11 bits per heavy atom. The van der Waals surface area contributed by atoms with Gasteiger partial charge in [-0.2, -0.15) is 0 Å². The molecule has 0 radical (unpaired) electrons. The number of carbonyl (C=O) groups is 1. The van der Waals surface area contributed by atoms with Gasteiger partial charge in [-0.1, -0.05) is 6.07 Å². The number of nitrogens with one attached hydrogen (secondary N) is 2. The maximum atomic E-state index is 11.9. The zero-order chi connectivity index (χ0) is 12.7. The van der Waals surface area contributed by atoms with Gasteiger partial charge >= 0.3 is 0 Å². The molecule has 1 aromatic carbocycles. The van der Waals surface area contributed by atoms with E-state index in [-0.39, 0.29) is 11.5 Å². The third-order valence-electron chi connectivity index (χ3n) is 2.91. The van der Waals surface area contributed by atoms with Gasteiger partial charge < -0.3 is 10.3 Å². The Bertz CT molecular complexity index is 817. The first-order valence-electron chi connectivity index (χ1n) is 5.46. The molecule has 2 heterocycles. The van der Waals surface area contributed by atoms with E-state index in [1.165, 1.54) is 11.3 Å². The number of aromatic amines is 1. The van der Waals surface area contributed by atoms with Crippen molar-refractivity contribution in [2.24, 2.45) is 0 Å². The Kier molecular flexibility index (Phi) is 2.41. The Balaban J connectivity index is 2.39. The fraction of sp³-hybridized carbons (Fsp3) is 0.0769. The molecule has 4 nitrogen and oxygen atoms in total. The average molecular weight is 258 g/mol. The normalized spacial score (nSPS) is 10.9. The number of aromatic nitrogens is 1. The highest BCUT2D eigenvalue weighted by atomic mass is 32.1. The van der Waals surface area contributed by atoms with E-state index in [0.29, 0.717) is 16.5 Å². The summed E-state index contributed by atoms with van der Waals surface area (Å²) in [6, 6.07) is 7.15. The molecule has 0 aliphatic heterocycles. The fourth-order valence-electron chi connectivity index (χ4n) is 2.02. The van der Waals surface area contributed by atoms with Crippen LogP contribution in [-0.2, 0) is 0 Å². The topological polar surface area (TPSA) is 62.0 Å². The molecule has 2 aromatic heterocycles. The van der Waals surface area contributed by atoms with Crippen molar-refractivity contribution < 1.29 is 4.79 Å². The number of carbonyl (C=O) groups excluding carboxylic acids is 1. The van der Waals surface area contributed by atoms with E-state index in [2.05, 4.69) is 10.3 Å². The Hall–Kier alpha value is -2.14. The third-order valence-corrected chi connectivity index (χ3v) is 3.86. The number of rotatable bonds is 1. The third kappa shape index (κ3) is 1.52. The lowest BCUT2D eigenvalue weighted by molar-refractivity contribution is 0.0963. The number of hydrogen-bond acceptors (Lipinski definition) is 3. The molecule has 0 saturated heterocycles. The zero-order valence-electron chi connectivity index (χ0n) is 9.61. The molecule has 3 rings (SSSR count). The van der Waals surface area contributed by atoms with Gasteiger partial charge in [-0.3, -0.25) is 9.59 Å². The molecule has 0 bridgehead atoms. The van der Waals surface area contributed by atoms with E-state index in [0.717, 1.165) is 10.1 Å². The number of thiophene rings is 1. The molecular formula is C13H10N2O2S. The first-order chi connectivity index (χ1) is 8.70. The quantitative estimate of drug-likeness (QED) is 0.702. The summed E-state index contributed by atoms with van der Waals surface area (Å²) in [6.45, 7) is 0. The molecule has 0 saturated carbocycles. The van der Waals surface area contributed by atoms with E-state index in [1.807, 2.05) is 17.5 Å². The Labute approximate surface area is 106 Å².